The summed E-state index contributed by atoms with van der Waals surface area (Å²) in [5.74, 6) is -2.60. The Morgan fingerprint density at radius 3 is 2.14 bits per heavy atom. The summed E-state index contributed by atoms with van der Waals surface area (Å²) in [6.45, 7) is -0.744. The molecule has 0 atom stereocenters. The van der Waals surface area contributed by atoms with Crippen LogP contribution in [0.1, 0.15) is 21.5 Å². The van der Waals surface area contributed by atoms with Gasteiger partial charge in [0, 0.05) is 11.1 Å². The van der Waals surface area contributed by atoms with Crippen molar-refractivity contribution in [1.82, 2.24) is 4.90 Å². The molecule has 8 nitrogen and oxygen atoms in total. The fourth-order valence-corrected chi connectivity index (χ4v) is 2.98. The molecule has 0 spiro atoms. The third-order valence-corrected chi connectivity index (χ3v) is 4.27. The van der Waals surface area contributed by atoms with E-state index in [1.54, 1.807) is 18.2 Å². The van der Waals surface area contributed by atoms with Crippen LogP contribution < -0.4 is 9.47 Å². The number of imide groups is 1. The molecule has 0 bridgehead atoms. The van der Waals surface area contributed by atoms with Gasteiger partial charge in [0.15, 0.2) is 11.5 Å². The second kappa shape index (κ2) is 7.43. The summed E-state index contributed by atoms with van der Waals surface area (Å²) in [5.41, 5.74) is 1.23. The van der Waals surface area contributed by atoms with E-state index in [0.29, 0.717) is 16.0 Å². The molecule has 0 fully saturated rings. The van der Waals surface area contributed by atoms with Gasteiger partial charge in [-0.2, -0.15) is 0 Å². The van der Waals surface area contributed by atoms with Crippen LogP contribution in [-0.2, 0) is 9.59 Å². The number of ether oxygens (including phenoxy) is 2. The lowest BCUT2D eigenvalue weighted by atomic mass is 9.92. The van der Waals surface area contributed by atoms with Crippen molar-refractivity contribution in [3.05, 3.63) is 53.1 Å². The first kappa shape index (κ1) is 19.0. The van der Waals surface area contributed by atoms with Gasteiger partial charge in [0.2, 0.25) is 5.75 Å². The molecule has 0 saturated heterocycles. The zero-order valence-corrected chi connectivity index (χ0v) is 15.1. The summed E-state index contributed by atoms with van der Waals surface area (Å²) in [6, 6.07) is 9.46. The first-order chi connectivity index (χ1) is 13.4. The summed E-state index contributed by atoms with van der Waals surface area (Å²) < 4.78 is 10.2. The maximum absolute atomic E-state index is 12.9. The van der Waals surface area contributed by atoms with Gasteiger partial charge in [-0.1, -0.05) is 18.2 Å². The van der Waals surface area contributed by atoms with Crippen LogP contribution >= 0.6 is 0 Å². The molecule has 0 saturated carbocycles. The van der Waals surface area contributed by atoms with Crippen LogP contribution in [0.2, 0.25) is 0 Å². The SMILES string of the molecule is COc1cc(/C=C2\C(=O)N(CC(=O)O)C(=O)c3ccccc32)cc(OC)c1O. The second-order valence-corrected chi connectivity index (χ2v) is 5.97. The largest absolute Gasteiger partial charge is 0.502 e. The van der Waals surface area contributed by atoms with Gasteiger partial charge in [0.25, 0.3) is 11.8 Å². The van der Waals surface area contributed by atoms with Gasteiger partial charge >= 0.3 is 5.97 Å². The van der Waals surface area contributed by atoms with E-state index < -0.39 is 24.3 Å². The molecule has 2 aromatic carbocycles. The molecular weight excluding hydrogens is 366 g/mol. The normalized spacial score (nSPS) is 14.8. The molecule has 1 aliphatic rings. The van der Waals surface area contributed by atoms with Crippen molar-refractivity contribution < 1.29 is 34.1 Å². The van der Waals surface area contributed by atoms with Crippen LogP contribution in [0.15, 0.2) is 36.4 Å². The van der Waals surface area contributed by atoms with Crippen LogP contribution in [0.4, 0.5) is 0 Å². The number of fused-ring (bicyclic) bond motifs is 1. The summed E-state index contributed by atoms with van der Waals surface area (Å²) >= 11 is 0. The highest BCUT2D eigenvalue weighted by molar-refractivity contribution is 6.34. The lowest BCUT2D eigenvalue weighted by molar-refractivity contribution is -0.141. The number of aromatic hydroxyl groups is 1. The van der Waals surface area contributed by atoms with Crippen LogP contribution in [0, 0.1) is 0 Å². The van der Waals surface area contributed by atoms with Gasteiger partial charge < -0.3 is 19.7 Å². The zero-order valence-electron chi connectivity index (χ0n) is 15.1. The second-order valence-electron chi connectivity index (χ2n) is 5.97. The Balaban J connectivity index is 2.19. The smallest absolute Gasteiger partial charge is 0.323 e. The molecule has 2 aromatic rings. The maximum Gasteiger partial charge on any atom is 0.323 e. The Hall–Kier alpha value is -3.81. The topological polar surface area (TPSA) is 113 Å². The number of carbonyl (C=O) groups excluding carboxylic acids is 2. The molecule has 0 unspecified atom stereocenters. The predicted molar refractivity (Wildman–Crippen MR) is 99.2 cm³/mol. The van der Waals surface area contributed by atoms with E-state index in [2.05, 4.69) is 0 Å². The van der Waals surface area contributed by atoms with Gasteiger partial charge in [0.1, 0.15) is 6.54 Å². The van der Waals surface area contributed by atoms with Crippen molar-refractivity contribution in [3.8, 4) is 17.2 Å². The average molecular weight is 383 g/mol. The number of rotatable bonds is 5. The fraction of sp³-hybridized carbons (Fsp3) is 0.150. The first-order valence-electron chi connectivity index (χ1n) is 8.21. The Labute approximate surface area is 160 Å². The number of benzene rings is 2. The number of hydrogen-bond acceptors (Lipinski definition) is 6. The molecule has 3 rings (SSSR count). The highest BCUT2D eigenvalue weighted by Gasteiger charge is 2.35. The molecule has 2 amide bonds. The van der Waals surface area contributed by atoms with E-state index in [4.69, 9.17) is 14.6 Å². The van der Waals surface area contributed by atoms with E-state index in [1.807, 2.05) is 0 Å². The maximum atomic E-state index is 12.9. The van der Waals surface area contributed by atoms with Gasteiger partial charge in [0.05, 0.1) is 14.2 Å². The van der Waals surface area contributed by atoms with Gasteiger partial charge in [-0.05, 0) is 35.4 Å². The number of carboxylic acid groups (broad SMARTS) is 1. The van der Waals surface area contributed by atoms with Crippen molar-refractivity contribution >= 4 is 29.4 Å². The molecule has 144 valence electrons. The molecule has 8 heteroatoms. The molecular formula is C20H17NO7. The number of hydrogen-bond donors (Lipinski definition) is 2. The highest BCUT2D eigenvalue weighted by Crippen LogP contribution is 2.39. The Morgan fingerprint density at radius 1 is 1.04 bits per heavy atom. The van der Waals surface area contributed by atoms with E-state index in [9.17, 15) is 19.5 Å². The molecule has 0 radical (unpaired) electrons. The summed E-state index contributed by atoms with van der Waals surface area (Å²) in [6.07, 6.45) is 1.49. The number of aliphatic carboxylic acids is 1. The van der Waals surface area contributed by atoms with Crippen molar-refractivity contribution in [2.45, 2.75) is 0 Å². The minimum atomic E-state index is -1.30. The number of carboxylic acids is 1. The third-order valence-electron chi connectivity index (χ3n) is 4.27. The number of phenols is 1. The van der Waals surface area contributed by atoms with Gasteiger partial charge in [-0.25, -0.2) is 0 Å². The van der Waals surface area contributed by atoms with E-state index in [1.165, 1.54) is 38.5 Å². The monoisotopic (exact) mass is 383 g/mol. The van der Waals surface area contributed by atoms with Crippen LogP contribution in [-0.4, -0.2) is 53.7 Å². The van der Waals surface area contributed by atoms with Gasteiger partial charge in [-0.3, -0.25) is 19.3 Å². The Bertz CT molecular complexity index is 984. The van der Waals surface area contributed by atoms with E-state index in [0.717, 1.165) is 0 Å². The Kier molecular flexibility index (Phi) is 5.04. The van der Waals surface area contributed by atoms with Crippen LogP contribution in [0.5, 0.6) is 17.2 Å². The number of methoxy groups -OCH3 is 2. The quantitative estimate of drug-likeness (QED) is 0.600. The third kappa shape index (κ3) is 3.27. The van der Waals surface area contributed by atoms with Crippen molar-refractivity contribution in [1.29, 1.82) is 0 Å². The zero-order chi connectivity index (χ0) is 20.4. The standard InChI is InChI=1S/C20H17NO7/c1-27-15-8-11(9-16(28-2)18(15)24)7-14-12-5-3-4-6-13(12)19(25)21(20(14)26)10-17(22)23/h3-9,24H,10H2,1-2H3,(H,22,23)/b14-7-. The number of nitrogens with zero attached hydrogens (tertiary/aromatic N) is 1. The van der Waals surface area contributed by atoms with Crippen molar-refractivity contribution in [3.63, 3.8) is 0 Å². The minimum Gasteiger partial charge on any atom is -0.502 e. The predicted octanol–water partition coefficient (Wildman–Crippen LogP) is 2.02. The molecule has 1 aliphatic heterocycles. The van der Waals surface area contributed by atoms with Gasteiger partial charge in [-0.15, -0.1) is 0 Å². The fourth-order valence-electron chi connectivity index (χ4n) is 2.98. The number of carbonyl (C=O) groups is 3. The molecule has 28 heavy (non-hydrogen) atoms. The number of amides is 2. The van der Waals surface area contributed by atoms with Crippen molar-refractivity contribution in [2.24, 2.45) is 0 Å². The highest BCUT2D eigenvalue weighted by atomic mass is 16.5. The summed E-state index contributed by atoms with van der Waals surface area (Å²) in [7, 11) is 2.75. The Morgan fingerprint density at radius 2 is 1.61 bits per heavy atom. The lowest BCUT2D eigenvalue weighted by Crippen LogP contribution is -2.44. The van der Waals surface area contributed by atoms with Crippen LogP contribution in [0.3, 0.4) is 0 Å². The minimum absolute atomic E-state index is 0.140. The average Bonchev–Trinajstić information content (AvgIpc) is 2.69. The van der Waals surface area contributed by atoms with Crippen LogP contribution in [0.25, 0.3) is 11.6 Å². The first-order valence-corrected chi connectivity index (χ1v) is 8.21. The molecule has 1 heterocycles. The molecule has 2 N–H and O–H groups in total. The van der Waals surface area contributed by atoms with E-state index in [-0.39, 0.29) is 28.4 Å². The molecule has 0 aliphatic carbocycles. The summed E-state index contributed by atoms with van der Waals surface area (Å²) in [4.78, 5) is 37.2. The van der Waals surface area contributed by atoms with Crippen molar-refractivity contribution in [2.75, 3.05) is 20.8 Å². The van der Waals surface area contributed by atoms with E-state index >= 15 is 0 Å². The summed E-state index contributed by atoms with van der Waals surface area (Å²) in [5, 5.41) is 19.1. The molecule has 0 aromatic heterocycles. The lowest BCUT2D eigenvalue weighted by Gasteiger charge is -2.27. The number of phenolic OH excluding ortho intramolecular Hbond substituents is 1.